The molecule has 0 spiro atoms. The Morgan fingerprint density at radius 1 is 1.19 bits per heavy atom. The van der Waals surface area contributed by atoms with Gasteiger partial charge < -0.3 is 9.88 Å². The molecule has 1 amide bonds. The Kier molecular flexibility index (Phi) is 5.72. The van der Waals surface area contributed by atoms with Gasteiger partial charge in [-0.3, -0.25) is 4.79 Å². The van der Waals surface area contributed by atoms with Crippen molar-refractivity contribution in [2.24, 2.45) is 0 Å². The molecule has 0 unspecified atom stereocenters. The van der Waals surface area contributed by atoms with E-state index in [-0.39, 0.29) is 24.2 Å². The van der Waals surface area contributed by atoms with E-state index in [0.29, 0.717) is 32.5 Å². The number of carbonyl (C=O) groups is 1. The summed E-state index contributed by atoms with van der Waals surface area (Å²) in [6.07, 6.45) is 0.246. The van der Waals surface area contributed by atoms with Gasteiger partial charge >= 0.3 is 0 Å². The molecule has 0 radical (unpaired) electrons. The Morgan fingerprint density at radius 3 is 2.52 bits per heavy atom. The van der Waals surface area contributed by atoms with Gasteiger partial charge in [0.2, 0.25) is 5.91 Å². The molecule has 4 nitrogen and oxygen atoms in total. The van der Waals surface area contributed by atoms with E-state index < -0.39 is 6.04 Å². The number of imidazole rings is 1. The van der Waals surface area contributed by atoms with Gasteiger partial charge in [0.05, 0.1) is 21.1 Å². The zero-order valence-electron chi connectivity index (χ0n) is 15.3. The number of amides is 1. The normalized spacial score (nSPS) is 12.6. The molecule has 0 saturated carbocycles. The van der Waals surface area contributed by atoms with Crippen LogP contribution in [-0.2, 0) is 11.2 Å². The summed E-state index contributed by atoms with van der Waals surface area (Å²) in [5, 5.41) is 3.66. The van der Waals surface area contributed by atoms with Crippen LogP contribution in [0.2, 0.25) is 10.0 Å². The van der Waals surface area contributed by atoms with Gasteiger partial charge in [-0.1, -0.05) is 41.4 Å². The van der Waals surface area contributed by atoms with Crippen LogP contribution >= 0.6 is 23.2 Å². The van der Waals surface area contributed by atoms with Crippen molar-refractivity contribution in [1.82, 2.24) is 14.9 Å². The van der Waals surface area contributed by atoms with E-state index >= 15 is 0 Å². The number of fused-ring (bicyclic) bond motifs is 1. The molecule has 3 rings (SSSR count). The van der Waals surface area contributed by atoms with E-state index in [4.69, 9.17) is 23.2 Å². The predicted molar refractivity (Wildman–Crippen MR) is 107 cm³/mol. The number of nitrogens with one attached hydrogen (secondary N) is 1. The van der Waals surface area contributed by atoms with Crippen molar-refractivity contribution >= 4 is 40.1 Å². The third-order valence-corrected chi connectivity index (χ3v) is 5.03. The Morgan fingerprint density at radius 2 is 1.85 bits per heavy atom. The Balaban J connectivity index is 2.14. The van der Waals surface area contributed by atoms with E-state index in [1.807, 2.05) is 13.8 Å². The highest BCUT2D eigenvalue weighted by Gasteiger charge is 2.23. The molecule has 1 heterocycles. The lowest BCUT2D eigenvalue weighted by Gasteiger charge is -2.19. The second kappa shape index (κ2) is 7.87. The van der Waals surface area contributed by atoms with Gasteiger partial charge in [0.1, 0.15) is 17.7 Å². The van der Waals surface area contributed by atoms with Gasteiger partial charge in [0, 0.05) is 12.5 Å². The molecule has 142 valence electrons. The summed E-state index contributed by atoms with van der Waals surface area (Å²) < 4.78 is 16.0. The first kappa shape index (κ1) is 19.6. The van der Waals surface area contributed by atoms with Gasteiger partial charge in [-0.05, 0) is 44.5 Å². The van der Waals surface area contributed by atoms with E-state index in [9.17, 15) is 9.18 Å². The Labute approximate surface area is 167 Å². The fourth-order valence-electron chi connectivity index (χ4n) is 3.03. The van der Waals surface area contributed by atoms with Crippen molar-refractivity contribution in [3.05, 3.63) is 63.6 Å². The molecule has 27 heavy (non-hydrogen) atoms. The quantitative estimate of drug-likeness (QED) is 0.634. The van der Waals surface area contributed by atoms with Gasteiger partial charge in [0.25, 0.3) is 0 Å². The highest BCUT2D eigenvalue weighted by Crippen LogP contribution is 2.31. The number of hydrogen-bond acceptors (Lipinski definition) is 2. The van der Waals surface area contributed by atoms with Crippen LogP contribution in [0, 0.1) is 5.82 Å². The number of carbonyl (C=O) groups excluding carboxylic acids is 1. The van der Waals surface area contributed by atoms with Crippen LogP contribution in [0.15, 0.2) is 36.4 Å². The molecule has 1 atom stereocenters. The SMILES string of the molecule is CC(C)NC(=O)[C@H](C)n1c(Cc2ccccc2F)nc2cc(Cl)c(Cl)cc21. The molecule has 0 aliphatic rings. The molecular formula is C20H20Cl2FN3O. The van der Waals surface area contributed by atoms with Crippen molar-refractivity contribution < 1.29 is 9.18 Å². The molecule has 0 fully saturated rings. The van der Waals surface area contributed by atoms with Crippen LogP contribution in [-0.4, -0.2) is 21.5 Å². The largest absolute Gasteiger partial charge is 0.352 e. The van der Waals surface area contributed by atoms with Crippen LogP contribution in [0.1, 0.15) is 38.2 Å². The maximum absolute atomic E-state index is 14.2. The average molecular weight is 408 g/mol. The molecule has 2 aromatic carbocycles. The second-order valence-corrected chi connectivity index (χ2v) is 7.57. The molecular weight excluding hydrogens is 388 g/mol. The minimum atomic E-state index is -0.545. The van der Waals surface area contributed by atoms with Crippen molar-refractivity contribution in [2.45, 2.75) is 39.3 Å². The summed E-state index contributed by atoms with van der Waals surface area (Å²) in [4.78, 5) is 17.2. The molecule has 3 aromatic rings. The van der Waals surface area contributed by atoms with Crippen molar-refractivity contribution in [3.8, 4) is 0 Å². The molecule has 0 aliphatic carbocycles. The van der Waals surface area contributed by atoms with Crippen LogP contribution in [0.25, 0.3) is 11.0 Å². The van der Waals surface area contributed by atoms with Gasteiger partial charge in [0.15, 0.2) is 0 Å². The Hall–Kier alpha value is -2.11. The highest BCUT2D eigenvalue weighted by molar-refractivity contribution is 6.42. The third kappa shape index (κ3) is 4.09. The first-order valence-electron chi connectivity index (χ1n) is 8.67. The van der Waals surface area contributed by atoms with Gasteiger partial charge in [-0.15, -0.1) is 0 Å². The molecule has 1 aromatic heterocycles. The summed E-state index contributed by atoms with van der Waals surface area (Å²) in [5.74, 6) is 0.108. The highest BCUT2D eigenvalue weighted by atomic mass is 35.5. The zero-order valence-corrected chi connectivity index (χ0v) is 16.8. The summed E-state index contributed by atoms with van der Waals surface area (Å²) in [7, 11) is 0. The van der Waals surface area contributed by atoms with E-state index in [2.05, 4.69) is 10.3 Å². The van der Waals surface area contributed by atoms with Crippen molar-refractivity contribution in [3.63, 3.8) is 0 Å². The number of benzene rings is 2. The van der Waals surface area contributed by atoms with Gasteiger partial charge in [-0.25, -0.2) is 9.37 Å². The van der Waals surface area contributed by atoms with Crippen molar-refractivity contribution in [2.75, 3.05) is 0 Å². The second-order valence-electron chi connectivity index (χ2n) is 6.76. The summed E-state index contributed by atoms with van der Waals surface area (Å²) in [5.41, 5.74) is 1.80. The number of aromatic nitrogens is 2. The fourth-order valence-corrected chi connectivity index (χ4v) is 3.35. The summed E-state index contributed by atoms with van der Waals surface area (Å²) in [6.45, 7) is 5.58. The molecule has 0 aliphatic heterocycles. The van der Waals surface area contributed by atoms with Crippen LogP contribution in [0.3, 0.4) is 0 Å². The monoisotopic (exact) mass is 407 g/mol. The first-order chi connectivity index (χ1) is 12.8. The first-order valence-corrected chi connectivity index (χ1v) is 9.43. The third-order valence-electron chi connectivity index (χ3n) is 4.31. The molecule has 1 N–H and O–H groups in total. The summed E-state index contributed by atoms with van der Waals surface area (Å²) in [6, 6.07) is 9.33. The lowest BCUT2D eigenvalue weighted by atomic mass is 10.1. The lowest BCUT2D eigenvalue weighted by molar-refractivity contribution is -0.124. The van der Waals surface area contributed by atoms with E-state index in [1.165, 1.54) is 6.07 Å². The Bertz CT molecular complexity index is 1000. The number of nitrogens with zero attached hydrogens (tertiary/aromatic N) is 2. The molecule has 7 heteroatoms. The van der Waals surface area contributed by atoms with E-state index in [0.717, 1.165) is 0 Å². The predicted octanol–water partition coefficient (Wildman–Crippen LogP) is 5.16. The minimum absolute atomic E-state index is 0.00258. The number of halogens is 3. The fraction of sp³-hybridized carbons (Fsp3) is 0.300. The topological polar surface area (TPSA) is 46.9 Å². The van der Waals surface area contributed by atoms with Crippen molar-refractivity contribution in [1.29, 1.82) is 0 Å². The maximum atomic E-state index is 14.2. The van der Waals surface area contributed by atoms with E-state index in [1.54, 1.807) is 41.8 Å². The summed E-state index contributed by atoms with van der Waals surface area (Å²) >= 11 is 12.3. The van der Waals surface area contributed by atoms with Crippen LogP contribution < -0.4 is 5.32 Å². The maximum Gasteiger partial charge on any atom is 0.243 e. The van der Waals surface area contributed by atoms with Crippen LogP contribution in [0.5, 0.6) is 0 Å². The number of hydrogen-bond donors (Lipinski definition) is 1. The van der Waals surface area contributed by atoms with Crippen LogP contribution in [0.4, 0.5) is 4.39 Å². The minimum Gasteiger partial charge on any atom is -0.352 e. The zero-order chi connectivity index (χ0) is 19.7. The number of rotatable bonds is 5. The lowest BCUT2D eigenvalue weighted by Crippen LogP contribution is -2.36. The molecule has 0 saturated heterocycles. The molecule has 0 bridgehead atoms. The average Bonchev–Trinajstić information content (AvgIpc) is 2.93. The smallest absolute Gasteiger partial charge is 0.243 e. The van der Waals surface area contributed by atoms with Gasteiger partial charge in [-0.2, -0.15) is 0 Å². The standard InChI is InChI=1S/C20H20Cl2FN3O/c1-11(2)24-20(27)12(3)26-18-10-15(22)14(21)9-17(18)25-19(26)8-13-6-4-5-7-16(13)23/h4-7,9-12H,8H2,1-3H3,(H,24,27)/t12-/m0/s1.